The van der Waals surface area contributed by atoms with Crippen LogP contribution >= 0.6 is 0 Å². The minimum atomic E-state index is -4.88. The molecule has 0 unspecified atom stereocenters. The van der Waals surface area contributed by atoms with Gasteiger partial charge in [0, 0.05) is 31.0 Å². The Morgan fingerprint density at radius 3 is 2.40 bits per heavy atom. The molecule has 1 fully saturated rings. The van der Waals surface area contributed by atoms with Gasteiger partial charge in [-0.15, -0.1) is 0 Å². The highest BCUT2D eigenvalue weighted by atomic mass is 32.2. The van der Waals surface area contributed by atoms with Crippen LogP contribution in [0.25, 0.3) is 0 Å². The molecule has 1 N–H and O–H groups in total. The minimum absolute atomic E-state index is 0.108. The Kier molecular flexibility index (Phi) is 4.09. The van der Waals surface area contributed by atoms with Crippen molar-refractivity contribution >= 4 is 10.0 Å². The molecule has 134 valence electrons. The van der Waals surface area contributed by atoms with Gasteiger partial charge in [0.25, 0.3) is 0 Å². The van der Waals surface area contributed by atoms with Crippen molar-refractivity contribution in [3.63, 3.8) is 0 Å². The quantitative estimate of drug-likeness (QED) is 0.834. The highest BCUT2D eigenvalue weighted by molar-refractivity contribution is 7.89. The Morgan fingerprint density at radius 1 is 1.16 bits per heavy atom. The van der Waals surface area contributed by atoms with Crippen molar-refractivity contribution in [3.05, 3.63) is 59.7 Å². The first-order valence-corrected chi connectivity index (χ1v) is 8.48. The number of aromatic nitrogens is 1. The maximum atomic E-state index is 13.8. The number of pyridine rings is 1. The molecule has 1 aromatic carbocycles. The minimum Gasteiger partial charge on any atom is -0.382 e. The van der Waals surface area contributed by atoms with Crippen LogP contribution in [0.5, 0.6) is 0 Å². The summed E-state index contributed by atoms with van der Waals surface area (Å²) < 4.78 is 78.5. The normalized spacial score (nSPS) is 18.0. The van der Waals surface area contributed by atoms with E-state index < -0.39 is 51.2 Å². The van der Waals surface area contributed by atoms with Crippen LogP contribution in [0, 0.1) is 5.82 Å². The zero-order valence-corrected chi connectivity index (χ0v) is 13.4. The lowest BCUT2D eigenvalue weighted by atomic mass is 9.88. The van der Waals surface area contributed by atoms with E-state index in [1.54, 1.807) is 0 Å². The molecule has 2 heterocycles. The molecule has 1 aliphatic heterocycles. The van der Waals surface area contributed by atoms with E-state index in [0.717, 1.165) is 12.3 Å². The predicted molar refractivity (Wildman–Crippen MR) is 78.3 cm³/mol. The first-order chi connectivity index (χ1) is 11.6. The number of β-amino-alcohol motifs (C(OH)–C–C–N with tert-alkyl or cyclic N) is 1. The molecule has 2 aromatic rings. The van der Waals surface area contributed by atoms with Gasteiger partial charge in [-0.25, -0.2) is 12.8 Å². The third-order valence-electron chi connectivity index (χ3n) is 3.96. The Balaban J connectivity index is 1.92. The molecule has 0 spiro atoms. The largest absolute Gasteiger partial charge is 0.417 e. The first-order valence-electron chi connectivity index (χ1n) is 7.04. The van der Waals surface area contributed by atoms with Gasteiger partial charge >= 0.3 is 6.18 Å². The van der Waals surface area contributed by atoms with E-state index >= 15 is 0 Å². The summed E-state index contributed by atoms with van der Waals surface area (Å²) in [4.78, 5) is 2.44. The lowest BCUT2D eigenvalue weighted by Gasteiger charge is -2.45. The van der Waals surface area contributed by atoms with Crippen molar-refractivity contribution < 1.29 is 31.1 Å². The molecular formula is C15H12F4N2O3S. The number of rotatable bonds is 3. The van der Waals surface area contributed by atoms with E-state index in [1.165, 1.54) is 18.2 Å². The monoisotopic (exact) mass is 376 g/mol. The number of alkyl halides is 3. The molecule has 0 bridgehead atoms. The molecule has 1 aromatic heterocycles. The van der Waals surface area contributed by atoms with Crippen molar-refractivity contribution in [1.82, 2.24) is 9.29 Å². The third kappa shape index (κ3) is 3.00. The lowest BCUT2D eigenvalue weighted by molar-refractivity contribution is -0.140. The number of sulfonamides is 1. The molecule has 0 aliphatic carbocycles. The van der Waals surface area contributed by atoms with Crippen LogP contribution in [-0.4, -0.2) is 35.9 Å². The molecule has 1 saturated heterocycles. The molecule has 10 heteroatoms. The van der Waals surface area contributed by atoms with Gasteiger partial charge in [-0.3, -0.25) is 4.98 Å². The molecule has 3 rings (SSSR count). The summed E-state index contributed by atoms with van der Waals surface area (Å²) in [7, 11) is -4.54. The van der Waals surface area contributed by atoms with Crippen LogP contribution in [0.4, 0.5) is 17.6 Å². The van der Waals surface area contributed by atoms with Crippen LogP contribution in [0.15, 0.2) is 47.6 Å². The second-order valence-corrected chi connectivity index (χ2v) is 7.56. The van der Waals surface area contributed by atoms with Crippen molar-refractivity contribution in [2.24, 2.45) is 0 Å². The van der Waals surface area contributed by atoms with E-state index in [1.807, 2.05) is 0 Å². The van der Waals surface area contributed by atoms with Crippen LogP contribution in [-0.2, 0) is 21.8 Å². The maximum absolute atomic E-state index is 13.8. The second kappa shape index (κ2) is 5.75. The molecule has 1 aliphatic rings. The average molecular weight is 376 g/mol. The highest BCUT2D eigenvalue weighted by Gasteiger charge is 2.51. The standard InChI is InChI=1S/C15H12F4N2O3S/c16-12-4-2-1-3-10(12)14(22)8-21(9-14)25(23,24)13-7-20-6-5-11(13)15(17,18)19/h1-7,22H,8-9H2. The maximum Gasteiger partial charge on any atom is 0.417 e. The number of hydrogen-bond donors (Lipinski definition) is 1. The SMILES string of the molecule is O=S(=O)(c1cnccc1C(F)(F)F)N1CC(O)(c2ccccc2F)C1. The Labute approximate surface area is 140 Å². The fourth-order valence-electron chi connectivity index (χ4n) is 2.67. The zero-order chi connectivity index (χ0) is 18.5. The van der Waals surface area contributed by atoms with Crippen LogP contribution in [0.1, 0.15) is 11.1 Å². The molecule has 0 saturated carbocycles. The Morgan fingerprint density at radius 2 is 1.80 bits per heavy atom. The Bertz CT molecular complexity index is 909. The fourth-order valence-corrected chi connectivity index (χ4v) is 4.38. The van der Waals surface area contributed by atoms with Gasteiger partial charge in [-0.1, -0.05) is 18.2 Å². The topological polar surface area (TPSA) is 70.5 Å². The summed E-state index contributed by atoms with van der Waals surface area (Å²) in [5.74, 6) is -0.723. The molecule has 0 atom stereocenters. The lowest BCUT2D eigenvalue weighted by Crippen LogP contribution is -2.61. The predicted octanol–water partition coefficient (Wildman–Crippen LogP) is 2.13. The number of halogens is 4. The third-order valence-corrected chi connectivity index (χ3v) is 5.78. The van der Waals surface area contributed by atoms with Gasteiger partial charge in [0.1, 0.15) is 16.3 Å². The summed E-state index contributed by atoms with van der Waals surface area (Å²) in [6.45, 7) is -1.11. The summed E-state index contributed by atoms with van der Waals surface area (Å²) >= 11 is 0. The number of hydrogen-bond acceptors (Lipinski definition) is 4. The van der Waals surface area contributed by atoms with Gasteiger partial charge in [-0.2, -0.15) is 17.5 Å². The second-order valence-electron chi connectivity index (χ2n) is 5.65. The van der Waals surface area contributed by atoms with E-state index in [0.29, 0.717) is 16.6 Å². The fraction of sp³-hybridized carbons (Fsp3) is 0.267. The summed E-state index contributed by atoms with van der Waals surface area (Å²) in [6.07, 6.45) is -3.43. The molecular weight excluding hydrogens is 364 g/mol. The number of aliphatic hydroxyl groups is 1. The van der Waals surface area contributed by atoms with Gasteiger partial charge in [-0.05, 0) is 12.1 Å². The molecule has 0 amide bonds. The van der Waals surface area contributed by atoms with Crippen LogP contribution < -0.4 is 0 Å². The average Bonchev–Trinajstić information content (AvgIpc) is 2.51. The van der Waals surface area contributed by atoms with Crippen LogP contribution in [0.3, 0.4) is 0 Å². The van der Waals surface area contributed by atoms with E-state index in [2.05, 4.69) is 4.98 Å². The van der Waals surface area contributed by atoms with Crippen molar-refractivity contribution in [2.75, 3.05) is 13.1 Å². The highest BCUT2D eigenvalue weighted by Crippen LogP contribution is 2.40. The van der Waals surface area contributed by atoms with Gasteiger partial charge in [0.15, 0.2) is 0 Å². The summed E-state index contributed by atoms with van der Waals surface area (Å²) in [5.41, 5.74) is -3.24. The van der Waals surface area contributed by atoms with Gasteiger partial charge < -0.3 is 5.11 Å². The zero-order valence-electron chi connectivity index (χ0n) is 12.5. The van der Waals surface area contributed by atoms with Gasteiger partial charge in [0.2, 0.25) is 10.0 Å². The van der Waals surface area contributed by atoms with E-state index in [4.69, 9.17) is 0 Å². The first kappa shape index (κ1) is 17.8. The van der Waals surface area contributed by atoms with Crippen LogP contribution in [0.2, 0.25) is 0 Å². The Hall–Kier alpha value is -2.04. The van der Waals surface area contributed by atoms with Gasteiger partial charge in [0.05, 0.1) is 5.56 Å². The molecule has 0 radical (unpaired) electrons. The smallest absolute Gasteiger partial charge is 0.382 e. The summed E-state index contributed by atoms with van der Waals surface area (Å²) in [5, 5.41) is 10.4. The van der Waals surface area contributed by atoms with Crippen molar-refractivity contribution in [2.45, 2.75) is 16.7 Å². The molecule has 5 nitrogen and oxygen atoms in total. The molecule has 25 heavy (non-hydrogen) atoms. The van der Waals surface area contributed by atoms with Crippen molar-refractivity contribution in [3.8, 4) is 0 Å². The number of nitrogens with zero attached hydrogens (tertiary/aromatic N) is 2. The van der Waals surface area contributed by atoms with Crippen molar-refractivity contribution in [1.29, 1.82) is 0 Å². The van der Waals surface area contributed by atoms with E-state index in [9.17, 15) is 31.1 Å². The summed E-state index contributed by atoms with van der Waals surface area (Å²) in [6, 6.07) is 5.84. The number of benzene rings is 1. The van der Waals surface area contributed by atoms with E-state index in [-0.39, 0.29) is 5.56 Å².